The molecule has 1 unspecified atom stereocenters. The summed E-state index contributed by atoms with van der Waals surface area (Å²) in [6.07, 6.45) is -0.709. The van der Waals surface area contributed by atoms with Gasteiger partial charge in [-0.15, -0.1) is 0 Å². The molecule has 2 rings (SSSR count). The summed E-state index contributed by atoms with van der Waals surface area (Å²) in [6.45, 7) is 0.123. The molecule has 2 aromatic carbocycles. The largest absolute Gasteiger partial charge is 0.454 e. The van der Waals surface area contributed by atoms with Crippen molar-refractivity contribution >= 4 is 5.69 Å². The van der Waals surface area contributed by atoms with Gasteiger partial charge >= 0.3 is 0 Å². The van der Waals surface area contributed by atoms with Gasteiger partial charge in [0.15, 0.2) is 0 Å². The maximum Gasteiger partial charge on any atom is 0.273 e. The van der Waals surface area contributed by atoms with Gasteiger partial charge in [-0.2, -0.15) is 0 Å². The van der Waals surface area contributed by atoms with E-state index in [1.807, 2.05) is 18.2 Å². The lowest BCUT2D eigenvalue weighted by atomic mass is 10.3. The highest BCUT2D eigenvalue weighted by Gasteiger charge is 2.12. The number of nitrogens with zero attached hydrogens (tertiary/aromatic N) is 1. The van der Waals surface area contributed by atoms with Crippen molar-refractivity contribution in [2.45, 2.75) is 6.29 Å². The number of nitro benzene ring substituents is 1. The average molecular weight is 274 g/mol. The molecular weight excluding hydrogens is 260 g/mol. The van der Waals surface area contributed by atoms with Crippen molar-refractivity contribution in [1.82, 2.24) is 0 Å². The molecule has 6 heteroatoms. The van der Waals surface area contributed by atoms with Crippen LogP contribution in [-0.4, -0.2) is 17.8 Å². The summed E-state index contributed by atoms with van der Waals surface area (Å²) >= 11 is 0. The molecule has 0 aliphatic heterocycles. The number of ether oxygens (including phenoxy) is 2. The molecule has 0 aliphatic carbocycles. The summed E-state index contributed by atoms with van der Waals surface area (Å²) in [4.78, 5) is 10.2. The SMILES string of the molecule is NCC(Oc1ccccc1)Oc1cccc([N+](=O)[O-])c1. The lowest BCUT2D eigenvalue weighted by molar-refractivity contribution is -0.385. The Morgan fingerprint density at radius 1 is 1.05 bits per heavy atom. The summed E-state index contributed by atoms with van der Waals surface area (Å²) in [6, 6.07) is 15.0. The quantitative estimate of drug-likeness (QED) is 0.496. The maximum absolute atomic E-state index is 10.7. The number of benzene rings is 2. The van der Waals surface area contributed by atoms with Gasteiger partial charge in [0.1, 0.15) is 11.5 Å². The summed E-state index contributed by atoms with van der Waals surface area (Å²) in [5, 5.41) is 10.7. The predicted molar refractivity (Wildman–Crippen MR) is 73.6 cm³/mol. The molecular formula is C14H14N2O4. The Morgan fingerprint density at radius 2 is 1.70 bits per heavy atom. The van der Waals surface area contributed by atoms with Gasteiger partial charge in [-0.1, -0.05) is 24.3 Å². The molecule has 6 nitrogen and oxygen atoms in total. The van der Waals surface area contributed by atoms with Crippen molar-refractivity contribution in [3.05, 3.63) is 64.7 Å². The summed E-state index contributed by atoms with van der Waals surface area (Å²) in [7, 11) is 0. The average Bonchev–Trinajstić information content (AvgIpc) is 2.48. The van der Waals surface area contributed by atoms with E-state index in [9.17, 15) is 10.1 Å². The molecule has 0 fully saturated rings. The zero-order chi connectivity index (χ0) is 14.4. The molecule has 0 aliphatic rings. The fraction of sp³-hybridized carbons (Fsp3) is 0.143. The third-order valence-electron chi connectivity index (χ3n) is 2.50. The van der Waals surface area contributed by atoms with Crippen molar-refractivity contribution in [2.24, 2.45) is 5.73 Å². The monoisotopic (exact) mass is 274 g/mol. The van der Waals surface area contributed by atoms with E-state index in [1.54, 1.807) is 24.3 Å². The number of non-ortho nitro benzene ring substituents is 1. The number of hydrogen-bond acceptors (Lipinski definition) is 5. The lowest BCUT2D eigenvalue weighted by Crippen LogP contribution is -2.32. The molecule has 0 heterocycles. The Bertz CT molecular complexity index is 574. The van der Waals surface area contributed by atoms with Gasteiger partial charge in [0, 0.05) is 6.07 Å². The van der Waals surface area contributed by atoms with Crippen LogP contribution < -0.4 is 15.2 Å². The molecule has 0 radical (unpaired) electrons. The Hall–Kier alpha value is -2.60. The van der Waals surface area contributed by atoms with Crippen LogP contribution in [0.4, 0.5) is 5.69 Å². The van der Waals surface area contributed by atoms with E-state index in [0.717, 1.165) is 0 Å². The van der Waals surface area contributed by atoms with Crippen LogP contribution in [-0.2, 0) is 0 Å². The van der Waals surface area contributed by atoms with E-state index in [4.69, 9.17) is 15.2 Å². The fourth-order valence-corrected chi connectivity index (χ4v) is 1.59. The van der Waals surface area contributed by atoms with Crippen LogP contribution in [0.1, 0.15) is 0 Å². The molecule has 104 valence electrons. The minimum Gasteiger partial charge on any atom is -0.454 e. The Balaban J connectivity index is 2.06. The first-order valence-corrected chi connectivity index (χ1v) is 6.02. The van der Waals surface area contributed by atoms with E-state index in [1.165, 1.54) is 12.1 Å². The summed E-state index contributed by atoms with van der Waals surface area (Å²) in [5.74, 6) is 0.957. The first-order valence-electron chi connectivity index (χ1n) is 6.02. The van der Waals surface area contributed by atoms with Crippen molar-refractivity contribution in [3.8, 4) is 11.5 Å². The first-order chi connectivity index (χ1) is 9.69. The Labute approximate surface area is 115 Å². The van der Waals surface area contributed by atoms with E-state index in [0.29, 0.717) is 11.5 Å². The minimum atomic E-state index is -0.709. The first kappa shape index (κ1) is 13.8. The molecule has 1 atom stereocenters. The predicted octanol–water partition coefficient (Wildman–Crippen LogP) is 2.34. The van der Waals surface area contributed by atoms with Gasteiger partial charge in [-0.25, -0.2) is 0 Å². The molecule has 2 aromatic rings. The van der Waals surface area contributed by atoms with Crippen molar-refractivity contribution in [3.63, 3.8) is 0 Å². The van der Waals surface area contributed by atoms with E-state index < -0.39 is 11.2 Å². The third-order valence-corrected chi connectivity index (χ3v) is 2.50. The highest BCUT2D eigenvalue weighted by molar-refractivity contribution is 5.38. The van der Waals surface area contributed by atoms with Gasteiger partial charge in [-0.3, -0.25) is 10.1 Å². The number of rotatable bonds is 6. The minimum absolute atomic E-state index is 0.0435. The Kier molecular flexibility index (Phi) is 4.52. The highest BCUT2D eigenvalue weighted by atomic mass is 16.7. The topological polar surface area (TPSA) is 87.6 Å². The number of hydrogen-bond donors (Lipinski definition) is 1. The van der Waals surface area contributed by atoms with Gasteiger partial charge in [0.2, 0.25) is 0 Å². The lowest BCUT2D eigenvalue weighted by Gasteiger charge is -2.18. The van der Waals surface area contributed by atoms with Crippen LogP contribution in [0, 0.1) is 10.1 Å². The van der Waals surface area contributed by atoms with Crippen LogP contribution >= 0.6 is 0 Å². The van der Waals surface area contributed by atoms with Crippen LogP contribution in [0.5, 0.6) is 11.5 Å². The second-order valence-corrected chi connectivity index (χ2v) is 3.97. The zero-order valence-electron chi connectivity index (χ0n) is 10.6. The molecule has 0 amide bonds. The van der Waals surface area contributed by atoms with Crippen molar-refractivity contribution < 1.29 is 14.4 Å². The summed E-state index contributed by atoms with van der Waals surface area (Å²) < 4.78 is 11.1. The van der Waals surface area contributed by atoms with E-state index in [2.05, 4.69) is 0 Å². The molecule has 20 heavy (non-hydrogen) atoms. The molecule has 0 aromatic heterocycles. The number of nitro groups is 1. The molecule has 2 N–H and O–H groups in total. The highest BCUT2D eigenvalue weighted by Crippen LogP contribution is 2.21. The van der Waals surface area contributed by atoms with Crippen LogP contribution in [0.15, 0.2) is 54.6 Å². The zero-order valence-corrected chi connectivity index (χ0v) is 10.6. The second kappa shape index (κ2) is 6.53. The van der Waals surface area contributed by atoms with Gasteiger partial charge < -0.3 is 15.2 Å². The Morgan fingerprint density at radius 3 is 2.35 bits per heavy atom. The van der Waals surface area contributed by atoms with E-state index in [-0.39, 0.29) is 12.2 Å². The third kappa shape index (κ3) is 3.69. The van der Waals surface area contributed by atoms with Gasteiger partial charge in [0.05, 0.1) is 17.5 Å². The van der Waals surface area contributed by atoms with Crippen LogP contribution in [0.25, 0.3) is 0 Å². The smallest absolute Gasteiger partial charge is 0.273 e. The van der Waals surface area contributed by atoms with Gasteiger partial charge in [-0.05, 0) is 18.2 Å². The molecule has 0 bridgehead atoms. The molecule has 0 saturated carbocycles. The van der Waals surface area contributed by atoms with E-state index >= 15 is 0 Å². The number of nitrogens with two attached hydrogens (primary N) is 1. The fourth-order valence-electron chi connectivity index (χ4n) is 1.59. The molecule has 0 saturated heterocycles. The van der Waals surface area contributed by atoms with Crippen molar-refractivity contribution in [1.29, 1.82) is 0 Å². The van der Waals surface area contributed by atoms with Gasteiger partial charge in [0.25, 0.3) is 12.0 Å². The van der Waals surface area contributed by atoms with Crippen molar-refractivity contribution in [2.75, 3.05) is 6.54 Å². The number of para-hydroxylation sites is 1. The standard InChI is InChI=1S/C14H14N2O4/c15-10-14(19-12-6-2-1-3-7-12)20-13-8-4-5-11(9-13)16(17)18/h1-9,14H,10,15H2. The molecule has 0 spiro atoms. The van der Waals surface area contributed by atoms with Crippen LogP contribution in [0.3, 0.4) is 0 Å². The normalized spacial score (nSPS) is 11.7. The maximum atomic E-state index is 10.7. The van der Waals surface area contributed by atoms with Crippen LogP contribution in [0.2, 0.25) is 0 Å². The second-order valence-electron chi connectivity index (χ2n) is 3.97. The summed E-state index contributed by atoms with van der Waals surface area (Å²) in [5.41, 5.74) is 5.54.